The zero-order chi connectivity index (χ0) is 25.2. The Bertz CT molecular complexity index is 1020. The molecule has 0 unspecified atom stereocenters. The van der Waals surface area contributed by atoms with Gasteiger partial charge in [0.05, 0.1) is 36.1 Å². The number of likely N-dealkylation sites (N-methyl/N-ethyl adjacent to an activating group) is 1. The highest BCUT2D eigenvalue weighted by atomic mass is 19.1. The largest absolute Gasteiger partial charge is 0.391 e. The third-order valence-electron chi connectivity index (χ3n) is 6.18. The molecule has 4 atom stereocenters. The monoisotopic (exact) mass is 474 g/mol. The third-order valence-corrected chi connectivity index (χ3v) is 6.18. The molecule has 0 bridgehead atoms. The number of benzene rings is 1. The van der Waals surface area contributed by atoms with Gasteiger partial charge in [-0.1, -0.05) is 45.0 Å². The lowest BCUT2D eigenvalue weighted by Crippen LogP contribution is -2.56. The average Bonchev–Trinajstić information content (AvgIpc) is 3.15. The molecule has 2 heterocycles. The number of amides is 2. The molecular weight excluding hydrogens is 442 g/mol. The summed E-state index contributed by atoms with van der Waals surface area (Å²) >= 11 is 0. The first-order valence-electron chi connectivity index (χ1n) is 11.3. The number of aromatic nitrogens is 1. The molecular formula is C25H32F2N4O3. The van der Waals surface area contributed by atoms with E-state index in [9.17, 15) is 23.5 Å². The van der Waals surface area contributed by atoms with Crippen molar-refractivity contribution in [3.05, 3.63) is 53.9 Å². The van der Waals surface area contributed by atoms with E-state index in [0.29, 0.717) is 5.56 Å². The first-order chi connectivity index (χ1) is 15.9. The van der Waals surface area contributed by atoms with Crippen molar-refractivity contribution in [2.75, 3.05) is 13.6 Å². The Morgan fingerprint density at radius 3 is 2.26 bits per heavy atom. The van der Waals surface area contributed by atoms with Crippen LogP contribution in [0.2, 0.25) is 0 Å². The molecule has 0 aliphatic carbocycles. The number of carbonyl (C=O) groups excluding carboxylic acids is 2. The summed E-state index contributed by atoms with van der Waals surface area (Å²) < 4.78 is 28.0. The zero-order valence-electron chi connectivity index (χ0n) is 20.1. The molecule has 0 spiro atoms. The van der Waals surface area contributed by atoms with Crippen molar-refractivity contribution in [3.63, 3.8) is 0 Å². The molecule has 1 fully saturated rings. The van der Waals surface area contributed by atoms with Gasteiger partial charge >= 0.3 is 0 Å². The second-order valence-electron chi connectivity index (χ2n) is 9.81. The molecule has 34 heavy (non-hydrogen) atoms. The van der Waals surface area contributed by atoms with Gasteiger partial charge < -0.3 is 20.6 Å². The Balaban J connectivity index is 1.73. The van der Waals surface area contributed by atoms with Gasteiger partial charge in [-0.3, -0.25) is 14.6 Å². The fourth-order valence-corrected chi connectivity index (χ4v) is 4.42. The molecule has 3 rings (SSSR count). The van der Waals surface area contributed by atoms with Crippen molar-refractivity contribution in [2.24, 2.45) is 5.41 Å². The van der Waals surface area contributed by atoms with Crippen LogP contribution in [0.5, 0.6) is 0 Å². The number of nitrogens with one attached hydrogen (secondary N) is 2. The van der Waals surface area contributed by atoms with Crippen LogP contribution in [0, 0.1) is 17.0 Å². The minimum atomic E-state index is -0.789. The molecule has 184 valence electrons. The Hall–Kier alpha value is -2.91. The minimum absolute atomic E-state index is 0.0946. The predicted molar refractivity (Wildman–Crippen MR) is 125 cm³/mol. The van der Waals surface area contributed by atoms with Crippen molar-refractivity contribution < 1.29 is 23.5 Å². The number of hydrogen-bond donors (Lipinski definition) is 3. The summed E-state index contributed by atoms with van der Waals surface area (Å²) in [6, 6.07) is 4.80. The summed E-state index contributed by atoms with van der Waals surface area (Å²) in [7, 11) is 1.70. The van der Waals surface area contributed by atoms with Gasteiger partial charge in [0, 0.05) is 13.0 Å². The summed E-state index contributed by atoms with van der Waals surface area (Å²) in [5.74, 6) is -2.11. The first-order valence-corrected chi connectivity index (χ1v) is 11.3. The van der Waals surface area contributed by atoms with Crippen molar-refractivity contribution in [3.8, 4) is 11.1 Å². The van der Waals surface area contributed by atoms with Crippen LogP contribution in [0.4, 0.5) is 8.78 Å². The topological polar surface area (TPSA) is 94.6 Å². The maximum atomic E-state index is 14.0. The molecule has 1 aromatic heterocycles. The second-order valence-corrected chi connectivity index (χ2v) is 9.81. The van der Waals surface area contributed by atoms with Crippen molar-refractivity contribution >= 4 is 11.8 Å². The number of hydrogen-bond acceptors (Lipinski definition) is 5. The molecule has 1 aromatic carbocycles. The number of likely N-dealkylation sites (tertiary alicyclic amines) is 1. The van der Waals surface area contributed by atoms with Gasteiger partial charge in [0.1, 0.15) is 6.04 Å². The van der Waals surface area contributed by atoms with E-state index in [1.54, 1.807) is 38.2 Å². The number of β-amino-alcohol motifs (C(OH)–C–C–N with tert-alkyl or cyclic N) is 1. The summed E-state index contributed by atoms with van der Waals surface area (Å²) in [6.45, 7) is 7.68. The summed E-state index contributed by atoms with van der Waals surface area (Å²) in [5, 5.41) is 16.1. The van der Waals surface area contributed by atoms with Gasteiger partial charge in [-0.2, -0.15) is 0 Å². The van der Waals surface area contributed by atoms with E-state index in [-0.39, 0.29) is 35.8 Å². The lowest BCUT2D eigenvalue weighted by atomic mass is 9.86. The highest BCUT2D eigenvalue weighted by molar-refractivity contribution is 5.91. The second kappa shape index (κ2) is 10.1. The lowest BCUT2D eigenvalue weighted by molar-refractivity contribution is -0.142. The van der Waals surface area contributed by atoms with Crippen molar-refractivity contribution in [1.29, 1.82) is 0 Å². The van der Waals surface area contributed by atoms with E-state index in [1.807, 2.05) is 20.8 Å². The van der Waals surface area contributed by atoms with Crippen molar-refractivity contribution in [1.82, 2.24) is 20.5 Å². The van der Waals surface area contributed by atoms with Crippen LogP contribution in [0.3, 0.4) is 0 Å². The Morgan fingerprint density at radius 1 is 1.15 bits per heavy atom. The molecule has 0 saturated carbocycles. The highest BCUT2D eigenvalue weighted by Gasteiger charge is 2.43. The number of aliphatic hydroxyl groups excluding tert-OH is 1. The van der Waals surface area contributed by atoms with Gasteiger partial charge in [-0.25, -0.2) is 8.78 Å². The predicted octanol–water partition coefficient (Wildman–Crippen LogP) is 2.80. The molecule has 1 aliphatic rings. The Kier molecular flexibility index (Phi) is 7.67. The highest BCUT2D eigenvalue weighted by Crippen LogP contribution is 2.28. The maximum absolute atomic E-state index is 14.0. The van der Waals surface area contributed by atoms with Crippen LogP contribution >= 0.6 is 0 Å². The quantitative estimate of drug-likeness (QED) is 0.599. The Morgan fingerprint density at radius 2 is 1.74 bits per heavy atom. The van der Waals surface area contributed by atoms with E-state index < -0.39 is 35.9 Å². The number of pyridine rings is 1. The van der Waals surface area contributed by atoms with Crippen LogP contribution < -0.4 is 10.6 Å². The summed E-state index contributed by atoms with van der Waals surface area (Å²) in [4.78, 5) is 31.2. The van der Waals surface area contributed by atoms with Gasteiger partial charge in [0.25, 0.3) is 0 Å². The molecule has 2 amide bonds. The molecule has 2 aromatic rings. The molecule has 1 saturated heterocycles. The minimum Gasteiger partial charge on any atom is -0.391 e. The first kappa shape index (κ1) is 25.7. The number of halogens is 2. The van der Waals surface area contributed by atoms with E-state index in [2.05, 4.69) is 15.6 Å². The van der Waals surface area contributed by atoms with E-state index >= 15 is 0 Å². The number of aliphatic hydroxyl groups is 1. The van der Waals surface area contributed by atoms with E-state index in [4.69, 9.17) is 0 Å². The zero-order valence-corrected chi connectivity index (χ0v) is 20.1. The number of carbonyl (C=O) groups is 2. The normalized spacial score (nSPS) is 20.2. The smallest absolute Gasteiger partial charge is 0.243 e. The van der Waals surface area contributed by atoms with Crippen LogP contribution in [-0.4, -0.2) is 58.6 Å². The van der Waals surface area contributed by atoms with Gasteiger partial charge in [0.15, 0.2) is 11.6 Å². The van der Waals surface area contributed by atoms with Crippen molar-refractivity contribution in [2.45, 2.75) is 58.3 Å². The third kappa shape index (κ3) is 5.42. The summed E-state index contributed by atoms with van der Waals surface area (Å²) in [5.41, 5.74) is 0.551. The maximum Gasteiger partial charge on any atom is 0.243 e. The fraction of sp³-hybridized carbons (Fsp3) is 0.480. The van der Waals surface area contributed by atoms with Crippen LogP contribution in [0.15, 0.2) is 36.7 Å². The van der Waals surface area contributed by atoms with Crippen LogP contribution in [0.1, 0.15) is 45.7 Å². The van der Waals surface area contributed by atoms with E-state index in [0.717, 1.165) is 18.0 Å². The lowest BCUT2D eigenvalue weighted by Gasteiger charge is -2.34. The fourth-order valence-electron chi connectivity index (χ4n) is 4.42. The number of rotatable bonds is 6. The van der Waals surface area contributed by atoms with Crippen LogP contribution in [0.25, 0.3) is 11.1 Å². The number of nitrogens with zero attached hydrogens (tertiary/aromatic N) is 2. The molecule has 9 heteroatoms. The molecule has 7 nitrogen and oxygen atoms in total. The van der Waals surface area contributed by atoms with Gasteiger partial charge in [-0.05, 0) is 30.5 Å². The molecule has 0 radical (unpaired) electrons. The summed E-state index contributed by atoms with van der Waals surface area (Å²) in [6.07, 6.45) is 1.29. The average molecular weight is 475 g/mol. The van der Waals surface area contributed by atoms with Gasteiger partial charge in [-0.15, -0.1) is 0 Å². The van der Waals surface area contributed by atoms with Crippen LogP contribution in [-0.2, 0) is 9.59 Å². The molecule has 3 N–H and O–H groups in total. The standard InChI is InChI=1S/C25H32F2N4O3/c1-14(15-6-8-16(9-7-15)21-18(26)11-29-12-19(21)27)30-23(33)20-10-17(32)13-31(20)24(34)22(28-5)25(2,3)4/h6-9,11-12,14,17,20,22,28,32H,10,13H2,1-5H3,(H,30,33)/t14-,17+,20-,22+/m0/s1. The Labute approximate surface area is 198 Å². The van der Waals surface area contributed by atoms with E-state index in [1.165, 1.54) is 4.90 Å². The van der Waals surface area contributed by atoms with Gasteiger partial charge in [0.2, 0.25) is 11.8 Å². The SMILES string of the molecule is CN[C@H](C(=O)N1C[C@H](O)C[C@H]1C(=O)N[C@@H](C)c1ccc(-c2c(F)cncc2F)cc1)C(C)(C)C. The molecule has 1 aliphatic heterocycles.